The number of ether oxygens (including phenoxy) is 1. The van der Waals surface area contributed by atoms with Crippen LogP contribution in [0.5, 0.6) is 0 Å². The first-order valence-electron chi connectivity index (χ1n) is 9.54. The molecule has 0 spiro atoms. The third kappa shape index (κ3) is 4.46. The van der Waals surface area contributed by atoms with Crippen LogP contribution in [0.4, 0.5) is 0 Å². The van der Waals surface area contributed by atoms with Crippen LogP contribution in [0.2, 0.25) is 0 Å². The molecule has 0 saturated heterocycles. The Morgan fingerprint density at radius 2 is 1.90 bits per heavy atom. The number of carbonyl (C=O) groups is 1. The molecule has 6 nitrogen and oxygen atoms in total. The van der Waals surface area contributed by atoms with Crippen molar-refractivity contribution in [3.63, 3.8) is 0 Å². The van der Waals surface area contributed by atoms with E-state index in [-0.39, 0.29) is 23.1 Å². The van der Waals surface area contributed by atoms with Gasteiger partial charge in [0.15, 0.2) is 11.6 Å². The van der Waals surface area contributed by atoms with Gasteiger partial charge in [-0.3, -0.25) is 4.79 Å². The number of para-hydroxylation sites is 2. The lowest BCUT2D eigenvalue weighted by atomic mass is 9.86. The highest BCUT2D eigenvalue weighted by molar-refractivity contribution is 5.83. The van der Waals surface area contributed by atoms with Crippen molar-refractivity contribution in [2.45, 2.75) is 26.2 Å². The van der Waals surface area contributed by atoms with Gasteiger partial charge in [-0.15, -0.1) is 0 Å². The summed E-state index contributed by atoms with van der Waals surface area (Å²) in [5, 5.41) is 19.9. The van der Waals surface area contributed by atoms with Crippen molar-refractivity contribution >= 4 is 22.6 Å². The maximum atomic E-state index is 12.8. The third-order valence-electron chi connectivity index (χ3n) is 5.00. The van der Waals surface area contributed by atoms with E-state index in [1.807, 2.05) is 68.4 Å². The molecule has 0 aliphatic heterocycles. The number of esters is 1. The molecule has 1 heterocycles. The number of nitrogens with zero attached hydrogens (tertiary/aromatic N) is 2. The average molecular weight is 389 g/mol. The van der Waals surface area contributed by atoms with Crippen LogP contribution < -0.4 is 0 Å². The topological polar surface area (TPSA) is 99.0 Å². The molecule has 29 heavy (non-hydrogen) atoms. The van der Waals surface area contributed by atoms with Crippen LogP contribution in [0.3, 0.4) is 0 Å². The molecule has 0 unspecified atom stereocenters. The van der Waals surface area contributed by atoms with E-state index in [4.69, 9.17) is 4.74 Å². The number of benzene rings is 2. The summed E-state index contributed by atoms with van der Waals surface area (Å²) in [7, 11) is 0. The van der Waals surface area contributed by atoms with Gasteiger partial charge in [0.25, 0.3) is 0 Å². The van der Waals surface area contributed by atoms with Gasteiger partial charge in [0, 0.05) is 0 Å². The normalized spacial score (nSPS) is 14.0. The van der Waals surface area contributed by atoms with Gasteiger partial charge in [0.1, 0.15) is 18.2 Å². The molecule has 2 aromatic carbocycles. The number of aromatic amines is 1. The van der Waals surface area contributed by atoms with Crippen molar-refractivity contribution in [2.24, 2.45) is 5.92 Å². The average Bonchev–Trinajstić information content (AvgIpc) is 3.17. The molecule has 1 aromatic heterocycles. The minimum absolute atomic E-state index is 0.0474. The molecule has 0 fully saturated rings. The first-order chi connectivity index (χ1) is 14.0. The second-order valence-corrected chi connectivity index (χ2v) is 6.92. The monoisotopic (exact) mass is 389 g/mol. The number of hydrogen-bond donors (Lipinski definition) is 2. The lowest BCUT2D eigenvalue weighted by Crippen LogP contribution is -2.23. The van der Waals surface area contributed by atoms with E-state index < -0.39 is 18.5 Å². The van der Waals surface area contributed by atoms with Crippen LogP contribution in [0, 0.1) is 17.2 Å². The molecular formula is C23H23N3O3. The van der Waals surface area contributed by atoms with Crippen molar-refractivity contribution in [1.82, 2.24) is 9.97 Å². The van der Waals surface area contributed by atoms with Crippen LogP contribution in [-0.2, 0) is 9.53 Å². The van der Waals surface area contributed by atoms with Crippen molar-refractivity contribution in [3.05, 3.63) is 71.7 Å². The molecular weight excluding hydrogens is 366 g/mol. The summed E-state index contributed by atoms with van der Waals surface area (Å²) >= 11 is 0. The second-order valence-electron chi connectivity index (χ2n) is 6.92. The van der Waals surface area contributed by atoms with Gasteiger partial charge < -0.3 is 14.8 Å². The van der Waals surface area contributed by atoms with Crippen molar-refractivity contribution in [1.29, 1.82) is 5.26 Å². The van der Waals surface area contributed by atoms with Gasteiger partial charge in [-0.2, -0.15) is 5.26 Å². The number of aliphatic hydroxyl groups excluding tert-OH is 1. The van der Waals surface area contributed by atoms with Crippen LogP contribution in [0.25, 0.3) is 16.6 Å². The molecule has 2 atom stereocenters. The number of nitriles is 1. The number of nitrogens with one attached hydrogen (secondary N) is 1. The zero-order chi connectivity index (χ0) is 20.8. The van der Waals surface area contributed by atoms with Crippen LogP contribution in [-0.4, -0.2) is 27.7 Å². The lowest BCUT2D eigenvalue weighted by Gasteiger charge is -2.21. The molecule has 2 N–H and O–H groups in total. The molecule has 0 saturated carbocycles. The molecule has 6 heteroatoms. The van der Waals surface area contributed by atoms with E-state index >= 15 is 0 Å². The van der Waals surface area contributed by atoms with Gasteiger partial charge in [-0.25, -0.2) is 4.98 Å². The largest absolute Gasteiger partial charge is 0.507 e. The minimum atomic E-state index is -0.439. The van der Waals surface area contributed by atoms with Gasteiger partial charge in [0.2, 0.25) is 0 Å². The number of rotatable bonds is 7. The second kappa shape index (κ2) is 9.07. The zero-order valence-corrected chi connectivity index (χ0v) is 16.4. The Hall–Kier alpha value is -3.59. The van der Waals surface area contributed by atoms with Crippen molar-refractivity contribution < 1.29 is 14.6 Å². The van der Waals surface area contributed by atoms with Crippen LogP contribution in [0.1, 0.15) is 37.6 Å². The lowest BCUT2D eigenvalue weighted by molar-refractivity contribution is -0.146. The number of H-pyrrole nitrogens is 1. The number of carbonyl (C=O) groups excluding carboxylic acids is 1. The molecule has 3 rings (SSSR count). The summed E-state index contributed by atoms with van der Waals surface area (Å²) in [5.41, 5.74) is 2.25. The Kier molecular flexibility index (Phi) is 6.30. The number of hydrogen-bond acceptors (Lipinski definition) is 5. The summed E-state index contributed by atoms with van der Waals surface area (Å²) in [6.45, 7) is 3.61. The molecule has 0 bridgehead atoms. The molecule has 0 radical (unpaired) electrons. The van der Waals surface area contributed by atoms with Gasteiger partial charge in [-0.1, -0.05) is 62.7 Å². The number of imidazole rings is 1. The highest BCUT2D eigenvalue weighted by atomic mass is 16.5. The van der Waals surface area contributed by atoms with Gasteiger partial charge in [-0.05, 0) is 23.6 Å². The van der Waals surface area contributed by atoms with Crippen LogP contribution in [0.15, 0.2) is 60.4 Å². The van der Waals surface area contributed by atoms with Crippen LogP contribution >= 0.6 is 0 Å². The summed E-state index contributed by atoms with van der Waals surface area (Å²) in [6.07, 6.45) is 0.804. The number of fused-ring (bicyclic) bond motifs is 1. The molecule has 0 aliphatic rings. The molecule has 0 aliphatic carbocycles. The van der Waals surface area contributed by atoms with Crippen molar-refractivity contribution in [2.75, 3.05) is 6.61 Å². The Labute approximate surface area is 169 Å². The highest BCUT2D eigenvalue weighted by Gasteiger charge is 2.28. The number of aliphatic hydroxyl groups is 1. The maximum Gasteiger partial charge on any atom is 0.314 e. The predicted octanol–water partition coefficient (Wildman–Crippen LogP) is 4.73. The van der Waals surface area contributed by atoms with E-state index in [2.05, 4.69) is 9.97 Å². The standard InChI is InChI=1S/C23H23N3O3/c1-3-15(2)21(16-9-5-4-6-10-16)23(28)29-14-20(27)17(13-24)22-25-18-11-7-8-12-19(18)26-22/h4-12,15,21,27H,3,14H2,1-2H3,(H,25,26)/b20-17-/t15-,21+/m1/s1. The Morgan fingerprint density at radius 3 is 2.55 bits per heavy atom. The molecule has 148 valence electrons. The van der Waals surface area contributed by atoms with E-state index in [0.717, 1.165) is 17.5 Å². The smallest absolute Gasteiger partial charge is 0.314 e. The Bertz CT molecular complexity index is 1030. The van der Waals surface area contributed by atoms with E-state index in [1.54, 1.807) is 6.07 Å². The highest BCUT2D eigenvalue weighted by Crippen LogP contribution is 2.28. The fraction of sp³-hybridized carbons (Fsp3) is 0.261. The van der Waals surface area contributed by atoms with E-state index in [1.165, 1.54) is 0 Å². The summed E-state index contributed by atoms with van der Waals surface area (Å²) in [5.74, 6) is -0.897. The third-order valence-corrected chi connectivity index (χ3v) is 5.00. The SMILES string of the molecule is CC[C@@H](C)[C@H](C(=O)OC/C(O)=C(\C#N)c1nc2ccccc2[nH]1)c1ccccc1. The van der Waals surface area contributed by atoms with Gasteiger partial charge >= 0.3 is 5.97 Å². The van der Waals surface area contributed by atoms with E-state index in [9.17, 15) is 15.2 Å². The Morgan fingerprint density at radius 1 is 1.21 bits per heavy atom. The zero-order valence-electron chi connectivity index (χ0n) is 16.4. The Balaban J connectivity index is 1.80. The fourth-order valence-electron chi connectivity index (χ4n) is 3.22. The fourth-order valence-corrected chi connectivity index (χ4v) is 3.22. The summed E-state index contributed by atoms with van der Waals surface area (Å²) < 4.78 is 5.38. The summed E-state index contributed by atoms with van der Waals surface area (Å²) in [6, 6.07) is 18.7. The first-order valence-corrected chi connectivity index (χ1v) is 9.54. The minimum Gasteiger partial charge on any atom is -0.507 e. The number of aromatic nitrogens is 2. The molecule has 3 aromatic rings. The van der Waals surface area contributed by atoms with Crippen molar-refractivity contribution in [3.8, 4) is 6.07 Å². The number of allylic oxidation sites excluding steroid dienone is 1. The maximum absolute atomic E-state index is 12.8. The molecule has 0 amide bonds. The predicted molar refractivity (Wildman–Crippen MR) is 111 cm³/mol. The van der Waals surface area contributed by atoms with E-state index in [0.29, 0.717) is 5.52 Å². The van der Waals surface area contributed by atoms with Gasteiger partial charge in [0.05, 0.1) is 17.0 Å². The first kappa shape index (κ1) is 20.2. The quantitative estimate of drug-likeness (QED) is 0.346. The summed E-state index contributed by atoms with van der Waals surface area (Å²) in [4.78, 5) is 20.1.